The van der Waals surface area contributed by atoms with Crippen LogP contribution in [0.25, 0.3) is 0 Å². The molecule has 2 aromatic carbocycles. The van der Waals surface area contributed by atoms with Crippen LogP contribution in [0, 0.1) is 17.1 Å². The lowest BCUT2D eigenvalue weighted by molar-refractivity contribution is 0.100. The van der Waals surface area contributed by atoms with E-state index < -0.39 is 0 Å². The lowest BCUT2D eigenvalue weighted by Crippen LogP contribution is -2.30. The van der Waals surface area contributed by atoms with Gasteiger partial charge < -0.3 is 0 Å². The summed E-state index contributed by atoms with van der Waals surface area (Å²) in [5.41, 5.74) is 3.12. The van der Waals surface area contributed by atoms with Gasteiger partial charge in [-0.15, -0.1) is 0 Å². The minimum absolute atomic E-state index is 0.0637. The first-order chi connectivity index (χ1) is 11.4. The van der Waals surface area contributed by atoms with Crippen LogP contribution in [0.5, 0.6) is 0 Å². The number of carbonyl (C=O) groups excluding carboxylic acids is 1. The maximum Gasteiger partial charge on any atom is 0.168 e. The van der Waals surface area contributed by atoms with Crippen LogP contribution >= 0.6 is 0 Å². The van der Waals surface area contributed by atoms with Gasteiger partial charge in [-0.05, 0) is 61.7 Å². The van der Waals surface area contributed by atoms with Crippen LogP contribution in [0.3, 0.4) is 0 Å². The van der Waals surface area contributed by atoms with E-state index in [2.05, 4.69) is 0 Å². The lowest BCUT2D eigenvalue weighted by atomic mass is 9.85. The number of fused-ring (bicyclic) bond motifs is 1. The van der Waals surface area contributed by atoms with Crippen molar-refractivity contribution in [2.24, 2.45) is 4.99 Å². The third-order valence-corrected chi connectivity index (χ3v) is 4.10. The fourth-order valence-corrected chi connectivity index (χ4v) is 3.04. The van der Waals surface area contributed by atoms with Crippen molar-refractivity contribution < 1.29 is 9.18 Å². The normalized spacial score (nSPS) is 15.2. The highest BCUT2D eigenvalue weighted by atomic mass is 19.1. The molecule has 1 heterocycles. The zero-order valence-corrected chi connectivity index (χ0v) is 13.6. The van der Waals surface area contributed by atoms with E-state index in [1.807, 2.05) is 19.9 Å². The second-order valence-corrected chi connectivity index (χ2v) is 6.64. The third-order valence-electron chi connectivity index (χ3n) is 4.10. The van der Waals surface area contributed by atoms with Gasteiger partial charge in [0, 0.05) is 5.56 Å². The highest BCUT2D eigenvalue weighted by molar-refractivity contribution is 6.16. The fraction of sp³-hybridized carbons (Fsp3) is 0.250. The number of nitriles is 1. The monoisotopic (exact) mass is 320 g/mol. The van der Waals surface area contributed by atoms with Crippen molar-refractivity contribution in [2.75, 3.05) is 0 Å². The molecule has 0 bridgehead atoms. The van der Waals surface area contributed by atoms with Gasteiger partial charge in [0.15, 0.2) is 5.78 Å². The summed E-state index contributed by atoms with van der Waals surface area (Å²) in [5, 5.41) is 8.83. The van der Waals surface area contributed by atoms with Crippen molar-refractivity contribution in [3.05, 3.63) is 70.5 Å². The highest BCUT2D eigenvalue weighted by Crippen LogP contribution is 2.29. The van der Waals surface area contributed by atoms with Crippen LogP contribution in [0.1, 0.15) is 47.3 Å². The maximum absolute atomic E-state index is 13.5. The van der Waals surface area contributed by atoms with Crippen molar-refractivity contribution in [1.29, 1.82) is 5.26 Å². The third kappa shape index (κ3) is 3.26. The van der Waals surface area contributed by atoms with Crippen LogP contribution in [0.15, 0.2) is 47.5 Å². The Balaban J connectivity index is 1.91. The zero-order chi connectivity index (χ0) is 17.3. The van der Waals surface area contributed by atoms with Gasteiger partial charge in [0.25, 0.3) is 0 Å². The van der Waals surface area contributed by atoms with Crippen molar-refractivity contribution in [3.8, 4) is 6.07 Å². The number of benzene rings is 2. The molecule has 0 spiro atoms. The lowest BCUT2D eigenvalue weighted by Gasteiger charge is -2.29. The van der Waals surface area contributed by atoms with Crippen LogP contribution in [0.4, 0.5) is 4.39 Å². The molecule has 1 aliphatic rings. The molecule has 0 saturated heterocycles. The maximum atomic E-state index is 13.5. The van der Waals surface area contributed by atoms with Gasteiger partial charge in [-0.25, -0.2) is 4.39 Å². The van der Waals surface area contributed by atoms with E-state index in [1.54, 1.807) is 30.3 Å². The summed E-state index contributed by atoms with van der Waals surface area (Å²) in [6.07, 6.45) is 0.808. The minimum atomic E-state index is -0.360. The summed E-state index contributed by atoms with van der Waals surface area (Å²) in [5.74, 6) is -0.338. The summed E-state index contributed by atoms with van der Waals surface area (Å²) in [4.78, 5) is 17.3. The molecule has 24 heavy (non-hydrogen) atoms. The Morgan fingerprint density at radius 2 is 1.96 bits per heavy atom. The molecule has 4 heteroatoms. The number of halogens is 1. The van der Waals surface area contributed by atoms with Crippen molar-refractivity contribution in [2.45, 2.75) is 32.2 Å². The molecule has 3 nitrogen and oxygen atoms in total. The van der Waals surface area contributed by atoms with E-state index in [4.69, 9.17) is 10.3 Å². The number of hydrogen-bond acceptors (Lipinski definition) is 3. The standard InChI is InChI=1S/C20H17FN2O/c1-20(2)11-15-9-16(21)7-8-17(15)18(23-20)10-19(24)14-5-3-13(12-22)4-6-14/h3-9H,10-11H2,1-2H3. The van der Waals surface area contributed by atoms with E-state index in [-0.39, 0.29) is 23.6 Å². The first-order valence-electron chi connectivity index (χ1n) is 7.79. The molecule has 0 aliphatic carbocycles. The molecule has 120 valence electrons. The average Bonchev–Trinajstić information content (AvgIpc) is 2.53. The van der Waals surface area contributed by atoms with Crippen LogP contribution in [-0.2, 0) is 6.42 Å². The molecule has 0 radical (unpaired) electrons. The number of carbonyl (C=O) groups is 1. The molecule has 0 aromatic heterocycles. The van der Waals surface area contributed by atoms with Crippen molar-refractivity contribution in [3.63, 3.8) is 0 Å². The number of ketones is 1. The Morgan fingerprint density at radius 1 is 1.25 bits per heavy atom. The summed E-state index contributed by atoms with van der Waals surface area (Å²) in [6.45, 7) is 3.96. The number of nitrogens with zero attached hydrogens (tertiary/aromatic N) is 2. The Labute approximate surface area is 140 Å². The summed E-state index contributed by atoms with van der Waals surface area (Å²) in [6, 6.07) is 13.2. The smallest absolute Gasteiger partial charge is 0.168 e. The summed E-state index contributed by atoms with van der Waals surface area (Å²) < 4.78 is 13.5. The first-order valence-corrected chi connectivity index (χ1v) is 7.79. The van der Waals surface area contributed by atoms with E-state index in [0.29, 0.717) is 23.3 Å². The molecular weight excluding hydrogens is 303 g/mol. The summed E-state index contributed by atoms with van der Waals surface area (Å²) >= 11 is 0. The largest absolute Gasteiger partial charge is 0.294 e. The van der Waals surface area contributed by atoms with Gasteiger partial charge in [-0.2, -0.15) is 5.26 Å². The molecule has 1 aliphatic heterocycles. The topological polar surface area (TPSA) is 53.2 Å². The van der Waals surface area contributed by atoms with Gasteiger partial charge in [-0.1, -0.05) is 12.1 Å². The van der Waals surface area contributed by atoms with Gasteiger partial charge >= 0.3 is 0 Å². The quantitative estimate of drug-likeness (QED) is 0.800. The second kappa shape index (κ2) is 6.01. The molecule has 0 saturated carbocycles. The van der Waals surface area contributed by atoms with Crippen LogP contribution < -0.4 is 0 Å². The predicted octanol–water partition coefficient (Wildman–Crippen LogP) is 4.09. The first kappa shape index (κ1) is 16.1. The number of aliphatic imine (C=N–C) groups is 1. The second-order valence-electron chi connectivity index (χ2n) is 6.64. The van der Waals surface area contributed by atoms with Gasteiger partial charge in [0.05, 0.1) is 29.3 Å². The van der Waals surface area contributed by atoms with Crippen LogP contribution in [0.2, 0.25) is 0 Å². The Bertz CT molecular complexity index is 874. The number of Topliss-reactive ketones (excluding diaryl/α,β-unsaturated/α-hetero) is 1. The highest BCUT2D eigenvalue weighted by Gasteiger charge is 2.28. The molecule has 0 atom stereocenters. The average molecular weight is 320 g/mol. The Morgan fingerprint density at radius 3 is 2.62 bits per heavy atom. The molecule has 0 N–H and O–H groups in total. The SMILES string of the molecule is CC1(C)Cc2cc(F)ccc2C(CC(=O)c2ccc(C#N)cc2)=N1. The molecule has 0 unspecified atom stereocenters. The predicted molar refractivity (Wildman–Crippen MR) is 90.8 cm³/mol. The van der Waals surface area contributed by atoms with E-state index in [1.165, 1.54) is 12.1 Å². The molecular formula is C20H17FN2O. The Kier molecular flexibility index (Phi) is 4.02. The molecule has 3 rings (SSSR count). The summed E-state index contributed by atoms with van der Waals surface area (Å²) in [7, 11) is 0. The number of rotatable bonds is 3. The van der Waals surface area contributed by atoms with Crippen molar-refractivity contribution in [1.82, 2.24) is 0 Å². The van der Waals surface area contributed by atoms with Crippen molar-refractivity contribution >= 4 is 11.5 Å². The Hall–Kier alpha value is -2.80. The fourth-order valence-electron chi connectivity index (χ4n) is 3.04. The van der Waals surface area contributed by atoms with Crippen LogP contribution in [-0.4, -0.2) is 17.0 Å². The van der Waals surface area contributed by atoms with E-state index in [9.17, 15) is 9.18 Å². The van der Waals surface area contributed by atoms with E-state index in [0.717, 1.165) is 11.1 Å². The molecule has 2 aromatic rings. The van der Waals surface area contributed by atoms with Gasteiger partial charge in [0.2, 0.25) is 0 Å². The molecule has 0 amide bonds. The van der Waals surface area contributed by atoms with E-state index >= 15 is 0 Å². The number of hydrogen-bond donors (Lipinski definition) is 0. The van der Waals surface area contributed by atoms with Gasteiger partial charge in [0.1, 0.15) is 5.82 Å². The minimum Gasteiger partial charge on any atom is -0.294 e. The molecule has 0 fully saturated rings. The van der Waals surface area contributed by atoms with Gasteiger partial charge in [-0.3, -0.25) is 9.79 Å². The zero-order valence-electron chi connectivity index (χ0n) is 13.6.